The Morgan fingerprint density at radius 3 is 2.62 bits per heavy atom. The Kier molecular flexibility index (Phi) is 3.46. The summed E-state index contributed by atoms with van der Waals surface area (Å²) in [4.78, 5) is 28.8. The minimum absolute atomic E-state index is 0.00542. The van der Waals surface area contributed by atoms with Crippen molar-refractivity contribution >= 4 is 23.4 Å². The van der Waals surface area contributed by atoms with Crippen molar-refractivity contribution in [3.63, 3.8) is 0 Å². The molecule has 0 aliphatic rings. The smallest absolute Gasteiger partial charge is 0.277 e. The summed E-state index contributed by atoms with van der Waals surface area (Å²) >= 11 is 0. The molecule has 0 saturated carbocycles. The first-order chi connectivity index (χ1) is 7.45. The number of carbonyl (C=O) groups is 1. The molecule has 8 heteroatoms. The number of hydrogen-bond donors (Lipinski definition) is 5. The van der Waals surface area contributed by atoms with Gasteiger partial charge in [0.1, 0.15) is 5.69 Å². The van der Waals surface area contributed by atoms with E-state index in [1.54, 1.807) is 13.8 Å². The van der Waals surface area contributed by atoms with Gasteiger partial charge in [0, 0.05) is 5.92 Å². The number of anilines is 3. The number of amides is 1. The molecule has 1 rings (SSSR count). The summed E-state index contributed by atoms with van der Waals surface area (Å²) < 4.78 is 0. The van der Waals surface area contributed by atoms with Gasteiger partial charge in [-0.3, -0.25) is 19.9 Å². The van der Waals surface area contributed by atoms with Crippen LogP contribution in [0.5, 0.6) is 0 Å². The van der Waals surface area contributed by atoms with E-state index in [-0.39, 0.29) is 29.3 Å². The maximum Gasteiger partial charge on any atom is 0.277 e. The van der Waals surface area contributed by atoms with Crippen LogP contribution < -0.4 is 27.9 Å². The number of nitrogens with one attached hydrogen (secondary N) is 3. The number of nitrogens with two attached hydrogens (primary N) is 2. The lowest BCUT2D eigenvalue weighted by atomic mass is 10.2. The largest absolute Gasteiger partial charge is 0.391 e. The van der Waals surface area contributed by atoms with Crippen molar-refractivity contribution < 1.29 is 4.79 Å². The summed E-state index contributed by atoms with van der Waals surface area (Å²) in [5.41, 5.74) is 6.86. The van der Waals surface area contributed by atoms with E-state index in [2.05, 4.69) is 20.7 Å². The van der Waals surface area contributed by atoms with Crippen LogP contribution >= 0.6 is 0 Å². The highest BCUT2D eigenvalue weighted by Gasteiger charge is 2.11. The number of aromatic nitrogens is 2. The standard InChI is InChI=1S/C8H14N6O2/c1-3(2)6(15)12-8-11-5(14-10)4(9)7(16)13-8/h3H,9-10H2,1-2H3,(H3,11,12,13,14,15,16). The molecule has 0 spiro atoms. The third kappa shape index (κ3) is 2.48. The van der Waals surface area contributed by atoms with E-state index < -0.39 is 5.56 Å². The number of nitrogen functional groups attached to an aromatic ring is 2. The monoisotopic (exact) mass is 226 g/mol. The van der Waals surface area contributed by atoms with Crippen molar-refractivity contribution in [3.05, 3.63) is 10.4 Å². The van der Waals surface area contributed by atoms with Crippen LogP contribution in [0.15, 0.2) is 4.79 Å². The lowest BCUT2D eigenvalue weighted by Crippen LogP contribution is -2.25. The molecule has 1 heterocycles. The fourth-order valence-electron chi connectivity index (χ4n) is 0.913. The molecular weight excluding hydrogens is 212 g/mol. The summed E-state index contributed by atoms with van der Waals surface area (Å²) in [7, 11) is 0. The lowest BCUT2D eigenvalue weighted by molar-refractivity contribution is -0.118. The first kappa shape index (κ1) is 12.0. The van der Waals surface area contributed by atoms with Crippen LogP contribution in [-0.4, -0.2) is 15.9 Å². The molecule has 8 nitrogen and oxygen atoms in total. The van der Waals surface area contributed by atoms with Crippen molar-refractivity contribution in [3.8, 4) is 0 Å². The molecule has 0 aliphatic carbocycles. The zero-order valence-electron chi connectivity index (χ0n) is 9.00. The van der Waals surface area contributed by atoms with Gasteiger partial charge in [0.2, 0.25) is 11.9 Å². The van der Waals surface area contributed by atoms with Gasteiger partial charge in [-0.2, -0.15) is 4.98 Å². The molecule has 0 unspecified atom stereocenters. The highest BCUT2D eigenvalue weighted by atomic mass is 16.2. The molecule has 1 aromatic rings. The van der Waals surface area contributed by atoms with Crippen molar-refractivity contribution in [1.29, 1.82) is 0 Å². The Bertz CT molecular complexity index is 452. The highest BCUT2D eigenvalue weighted by molar-refractivity contribution is 5.90. The van der Waals surface area contributed by atoms with Gasteiger partial charge < -0.3 is 11.2 Å². The number of rotatable bonds is 3. The van der Waals surface area contributed by atoms with Crippen LogP contribution in [0.2, 0.25) is 0 Å². The summed E-state index contributed by atoms with van der Waals surface area (Å²) in [5.74, 6) is 4.65. The molecule has 0 radical (unpaired) electrons. The van der Waals surface area contributed by atoms with Crippen LogP contribution in [-0.2, 0) is 4.79 Å². The third-order valence-corrected chi connectivity index (χ3v) is 1.86. The molecule has 0 atom stereocenters. The van der Waals surface area contributed by atoms with Gasteiger partial charge in [-0.15, -0.1) is 0 Å². The van der Waals surface area contributed by atoms with Crippen molar-refractivity contribution in [2.24, 2.45) is 11.8 Å². The van der Waals surface area contributed by atoms with E-state index in [1.807, 2.05) is 0 Å². The van der Waals surface area contributed by atoms with Crippen molar-refractivity contribution in [2.75, 3.05) is 16.5 Å². The Labute approximate surface area is 91.4 Å². The molecule has 1 aromatic heterocycles. The minimum Gasteiger partial charge on any atom is -0.391 e. The van der Waals surface area contributed by atoms with E-state index in [9.17, 15) is 9.59 Å². The van der Waals surface area contributed by atoms with Crippen LogP contribution in [0, 0.1) is 5.92 Å². The summed E-state index contributed by atoms with van der Waals surface area (Å²) in [6, 6.07) is 0. The zero-order valence-corrected chi connectivity index (χ0v) is 9.00. The SMILES string of the molecule is CC(C)C(=O)Nc1nc(NN)c(N)c(=O)[nH]1. The fraction of sp³-hybridized carbons (Fsp3) is 0.375. The zero-order chi connectivity index (χ0) is 12.3. The number of hydrogen-bond acceptors (Lipinski definition) is 6. The van der Waals surface area contributed by atoms with Crippen molar-refractivity contribution in [2.45, 2.75) is 13.8 Å². The third-order valence-electron chi connectivity index (χ3n) is 1.86. The molecule has 1 amide bonds. The lowest BCUT2D eigenvalue weighted by Gasteiger charge is -2.08. The Balaban J connectivity index is 3.03. The maximum atomic E-state index is 11.4. The fourth-order valence-corrected chi connectivity index (χ4v) is 0.913. The summed E-state index contributed by atoms with van der Waals surface area (Å²) in [6.45, 7) is 3.43. The van der Waals surface area contributed by atoms with Gasteiger partial charge in [0.15, 0.2) is 5.82 Å². The van der Waals surface area contributed by atoms with Gasteiger partial charge in [0.25, 0.3) is 5.56 Å². The molecule has 0 fully saturated rings. The second kappa shape index (κ2) is 4.62. The van der Waals surface area contributed by atoms with Crippen LogP contribution in [0.1, 0.15) is 13.8 Å². The predicted octanol–water partition coefficient (Wildman–Crippen LogP) is -0.768. The van der Waals surface area contributed by atoms with Gasteiger partial charge in [0.05, 0.1) is 0 Å². The average Bonchev–Trinajstić information content (AvgIpc) is 2.22. The van der Waals surface area contributed by atoms with Crippen LogP contribution in [0.4, 0.5) is 17.5 Å². The molecule has 88 valence electrons. The Morgan fingerprint density at radius 1 is 1.50 bits per heavy atom. The number of aromatic amines is 1. The second-order valence-corrected chi connectivity index (χ2v) is 3.47. The molecular formula is C8H14N6O2. The molecule has 0 bridgehead atoms. The van der Waals surface area contributed by atoms with E-state index in [4.69, 9.17) is 11.6 Å². The molecule has 0 aliphatic heterocycles. The normalized spacial score (nSPS) is 10.2. The number of hydrazine groups is 1. The predicted molar refractivity (Wildman–Crippen MR) is 60.5 cm³/mol. The molecule has 7 N–H and O–H groups in total. The van der Waals surface area contributed by atoms with E-state index >= 15 is 0 Å². The first-order valence-electron chi connectivity index (χ1n) is 4.63. The second-order valence-electron chi connectivity index (χ2n) is 3.47. The summed E-state index contributed by atoms with van der Waals surface area (Å²) in [5, 5.41) is 2.43. The van der Waals surface area contributed by atoms with Gasteiger partial charge in [-0.1, -0.05) is 13.8 Å². The van der Waals surface area contributed by atoms with Gasteiger partial charge in [-0.05, 0) is 0 Å². The van der Waals surface area contributed by atoms with E-state index in [0.29, 0.717) is 0 Å². The number of H-pyrrole nitrogens is 1. The maximum absolute atomic E-state index is 11.4. The molecule has 0 aromatic carbocycles. The van der Waals surface area contributed by atoms with Crippen LogP contribution in [0.25, 0.3) is 0 Å². The van der Waals surface area contributed by atoms with Crippen LogP contribution in [0.3, 0.4) is 0 Å². The van der Waals surface area contributed by atoms with E-state index in [0.717, 1.165) is 0 Å². The average molecular weight is 226 g/mol. The first-order valence-corrected chi connectivity index (χ1v) is 4.63. The Morgan fingerprint density at radius 2 is 2.12 bits per heavy atom. The number of carbonyl (C=O) groups excluding carboxylic acids is 1. The van der Waals surface area contributed by atoms with Crippen molar-refractivity contribution in [1.82, 2.24) is 9.97 Å². The van der Waals surface area contributed by atoms with Gasteiger partial charge in [-0.25, -0.2) is 5.84 Å². The topological polar surface area (TPSA) is 139 Å². The summed E-state index contributed by atoms with van der Waals surface area (Å²) in [6.07, 6.45) is 0. The minimum atomic E-state index is -0.568. The Hall–Kier alpha value is -2.09. The van der Waals surface area contributed by atoms with Gasteiger partial charge >= 0.3 is 0 Å². The highest BCUT2D eigenvalue weighted by Crippen LogP contribution is 2.10. The van der Waals surface area contributed by atoms with E-state index in [1.165, 1.54) is 0 Å². The number of nitrogens with zero attached hydrogens (tertiary/aromatic N) is 1. The quantitative estimate of drug-likeness (QED) is 0.339. The molecule has 16 heavy (non-hydrogen) atoms. The molecule has 0 saturated heterocycles.